The van der Waals surface area contributed by atoms with Gasteiger partial charge in [0.05, 0.1) is 0 Å². The van der Waals surface area contributed by atoms with Gasteiger partial charge in [-0.15, -0.1) is 0 Å². The Morgan fingerprint density at radius 3 is 2.58 bits per heavy atom. The van der Waals surface area contributed by atoms with Crippen molar-refractivity contribution in [1.82, 2.24) is 4.72 Å². The summed E-state index contributed by atoms with van der Waals surface area (Å²) in [4.78, 5) is 10.3. The Kier molecular flexibility index (Phi) is 3.84. The normalized spacial score (nSPS) is 9.75. The van der Waals surface area contributed by atoms with Crippen molar-refractivity contribution in [3.63, 3.8) is 0 Å². The fourth-order valence-corrected chi connectivity index (χ4v) is 1.18. The van der Waals surface area contributed by atoms with Gasteiger partial charge in [-0.05, 0) is 11.8 Å². The van der Waals surface area contributed by atoms with Gasteiger partial charge < -0.3 is 0 Å². The van der Waals surface area contributed by atoms with Crippen LogP contribution in [-0.4, -0.2) is 12.5 Å². The Labute approximate surface area is 76.5 Å². The van der Waals surface area contributed by atoms with Crippen LogP contribution in [0.25, 0.3) is 0 Å². The van der Waals surface area contributed by atoms with Crippen molar-refractivity contribution in [2.24, 2.45) is 0 Å². The second-order valence-corrected chi connectivity index (χ2v) is 3.08. The zero-order valence-corrected chi connectivity index (χ0v) is 7.73. The number of aldehydes is 1. The van der Waals surface area contributed by atoms with Gasteiger partial charge in [-0.2, -0.15) is 0 Å². The fraction of sp³-hybridized carbons (Fsp3) is 0.222. The van der Waals surface area contributed by atoms with Crippen LogP contribution in [0.1, 0.15) is 15.9 Å². The highest BCUT2D eigenvalue weighted by Crippen LogP contribution is 2.02. The summed E-state index contributed by atoms with van der Waals surface area (Å²) in [6.45, 7) is 0.834. The first-order chi connectivity index (χ1) is 5.86. The summed E-state index contributed by atoms with van der Waals surface area (Å²) in [7, 11) is 0. The lowest BCUT2D eigenvalue weighted by Crippen LogP contribution is -2.01. The van der Waals surface area contributed by atoms with Gasteiger partial charge in [0.15, 0.2) is 0 Å². The quantitative estimate of drug-likeness (QED) is 0.568. The highest BCUT2D eigenvalue weighted by molar-refractivity contribution is 7.96. The number of rotatable bonds is 4. The first kappa shape index (κ1) is 9.29. The van der Waals surface area contributed by atoms with Crippen molar-refractivity contribution in [2.75, 3.05) is 6.26 Å². The highest BCUT2D eigenvalue weighted by atomic mass is 32.2. The molecule has 0 aliphatic rings. The number of nitrogens with one attached hydrogen (secondary N) is 1. The van der Waals surface area contributed by atoms with Gasteiger partial charge in [-0.1, -0.05) is 36.2 Å². The number of hydrogen-bond acceptors (Lipinski definition) is 3. The molecule has 0 aliphatic carbocycles. The van der Waals surface area contributed by atoms with E-state index >= 15 is 0 Å². The highest BCUT2D eigenvalue weighted by Gasteiger charge is 1.91. The topological polar surface area (TPSA) is 29.1 Å². The lowest BCUT2D eigenvalue weighted by Gasteiger charge is -2.00. The molecule has 1 aromatic carbocycles. The molecule has 0 saturated heterocycles. The SMILES string of the molecule is CSNCc1ccc(C=O)cc1. The van der Waals surface area contributed by atoms with E-state index in [0.717, 1.165) is 18.4 Å². The number of carbonyl (C=O) groups is 1. The molecular formula is C9H11NOS. The maximum atomic E-state index is 10.3. The molecule has 1 N–H and O–H groups in total. The average molecular weight is 181 g/mol. The molecule has 0 heterocycles. The molecule has 0 amide bonds. The van der Waals surface area contributed by atoms with E-state index in [9.17, 15) is 4.79 Å². The third-order valence-electron chi connectivity index (χ3n) is 1.54. The van der Waals surface area contributed by atoms with Crippen LogP contribution in [0, 0.1) is 0 Å². The van der Waals surface area contributed by atoms with E-state index in [-0.39, 0.29) is 0 Å². The predicted molar refractivity (Wildman–Crippen MR) is 52.2 cm³/mol. The third-order valence-corrected chi connectivity index (χ3v) is 1.97. The summed E-state index contributed by atoms with van der Waals surface area (Å²) >= 11 is 1.59. The Morgan fingerprint density at radius 1 is 1.42 bits per heavy atom. The molecule has 0 aromatic heterocycles. The van der Waals surface area contributed by atoms with E-state index in [0.29, 0.717) is 0 Å². The van der Waals surface area contributed by atoms with Crippen LogP contribution in [-0.2, 0) is 6.54 Å². The molecule has 2 nitrogen and oxygen atoms in total. The van der Waals surface area contributed by atoms with E-state index in [1.165, 1.54) is 5.56 Å². The number of hydrogen-bond donors (Lipinski definition) is 1. The van der Waals surface area contributed by atoms with Gasteiger partial charge in [0.1, 0.15) is 6.29 Å². The summed E-state index contributed by atoms with van der Waals surface area (Å²) < 4.78 is 3.13. The lowest BCUT2D eigenvalue weighted by molar-refractivity contribution is 0.112. The largest absolute Gasteiger partial charge is 0.298 e. The molecule has 0 radical (unpaired) electrons. The molecule has 0 spiro atoms. The van der Waals surface area contributed by atoms with Crippen LogP contribution >= 0.6 is 11.9 Å². The van der Waals surface area contributed by atoms with Crippen molar-refractivity contribution < 1.29 is 4.79 Å². The molecule has 0 unspecified atom stereocenters. The molecule has 0 bridgehead atoms. The van der Waals surface area contributed by atoms with Crippen molar-refractivity contribution in [3.8, 4) is 0 Å². The van der Waals surface area contributed by atoms with E-state index in [1.54, 1.807) is 11.9 Å². The van der Waals surface area contributed by atoms with Gasteiger partial charge in [0, 0.05) is 12.1 Å². The first-order valence-corrected chi connectivity index (χ1v) is 4.89. The number of benzene rings is 1. The lowest BCUT2D eigenvalue weighted by atomic mass is 10.1. The molecule has 0 atom stereocenters. The third kappa shape index (κ3) is 2.68. The van der Waals surface area contributed by atoms with Gasteiger partial charge in [-0.25, -0.2) is 0 Å². The Balaban J connectivity index is 2.58. The Hall–Kier alpha value is -0.800. The van der Waals surface area contributed by atoms with E-state index in [2.05, 4.69) is 4.72 Å². The van der Waals surface area contributed by atoms with Crippen molar-refractivity contribution in [1.29, 1.82) is 0 Å². The Morgan fingerprint density at radius 2 is 2.08 bits per heavy atom. The minimum absolute atomic E-state index is 0.725. The molecule has 0 aliphatic heterocycles. The van der Waals surface area contributed by atoms with Crippen molar-refractivity contribution in [2.45, 2.75) is 6.54 Å². The summed E-state index contributed by atoms with van der Waals surface area (Å²) in [6.07, 6.45) is 2.84. The zero-order valence-electron chi connectivity index (χ0n) is 6.91. The number of carbonyl (C=O) groups excluding carboxylic acids is 1. The minimum Gasteiger partial charge on any atom is -0.298 e. The summed E-state index contributed by atoms with van der Waals surface area (Å²) in [5.41, 5.74) is 1.91. The maximum Gasteiger partial charge on any atom is 0.150 e. The second kappa shape index (κ2) is 4.95. The van der Waals surface area contributed by atoms with Gasteiger partial charge in [-0.3, -0.25) is 9.52 Å². The second-order valence-electron chi connectivity index (χ2n) is 2.38. The van der Waals surface area contributed by atoms with Crippen LogP contribution in [0.5, 0.6) is 0 Å². The summed E-state index contributed by atoms with van der Waals surface area (Å²) in [5, 5.41) is 0. The molecule has 12 heavy (non-hydrogen) atoms. The van der Waals surface area contributed by atoms with Gasteiger partial charge in [0.2, 0.25) is 0 Å². The maximum absolute atomic E-state index is 10.3. The van der Waals surface area contributed by atoms with Crippen molar-refractivity contribution >= 4 is 18.2 Å². The van der Waals surface area contributed by atoms with Gasteiger partial charge >= 0.3 is 0 Å². The fourth-order valence-electron chi connectivity index (χ4n) is 0.870. The summed E-state index contributed by atoms with van der Waals surface area (Å²) in [6, 6.07) is 7.55. The molecule has 3 heteroatoms. The van der Waals surface area contributed by atoms with Crippen LogP contribution in [0.2, 0.25) is 0 Å². The molecule has 0 saturated carbocycles. The standard InChI is InChI=1S/C9H11NOS/c1-12-10-6-8-2-4-9(7-11)5-3-8/h2-5,7,10H,6H2,1H3. The molecular weight excluding hydrogens is 170 g/mol. The van der Waals surface area contributed by atoms with Crippen LogP contribution in [0.4, 0.5) is 0 Å². The Bertz CT molecular complexity index is 245. The first-order valence-electron chi connectivity index (χ1n) is 3.67. The zero-order chi connectivity index (χ0) is 8.81. The van der Waals surface area contributed by atoms with Crippen LogP contribution in [0.15, 0.2) is 24.3 Å². The predicted octanol–water partition coefficient (Wildman–Crippen LogP) is 1.87. The van der Waals surface area contributed by atoms with Crippen LogP contribution in [0.3, 0.4) is 0 Å². The smallest absolute Gasteiger partial charge is 0.150 e. The van der Waals surface area contributed by atoms with E-state index in [1.807, 2.05) is 30.5 Å². The molecule has 1 rings (SSSR count). The average Bonchev–Trinajstić information content (AvgIpc) is 2.15. The monoisotopic (exact) mass is 181 g/mol. The minimum atomic E-state index is 0.725. The van der Waals surface area contributed by atoms with Gasteiger partial charge in [0.25, 0.3) is 0 Å². The van der Waals surface area contributed by atoms with E-state index in [4.69, 9.17) is 0 Å². The summed E-state index contributed by atoms with van der Waals surface area (Å²) in [5.74, 6) is 0. The molecule has 64 valence electrons. The molecule has 0 fully saturated rings. The molecule has 1 aromatic rings. The van der Waals surface area contributed by atoms with Crippen LogP contribution < -0.4 is 4.72 Å². The van der Waals surface area contributed by atoms with E-state index < -0.39 is 0 Å². The van der Waals surface area contributed by atoms with Crippen molar-refractivity contribution in [3.05, 3.63) is 35.4 Å².